The van der Waals surface area contributed by atoms with Gasteiger partial charge in [0.1, 0.15) is 5.75 Å². The molecule has 0 spiro atoms. The van der Waals surface area contributed by atoms with Gasteiger partial charge in [0, 0.05) is 12.5 Å². The third-order valence-corrected chi connectivity index (χ3v) is 3.94. The Morgan fingerprint density at radius 2 is 1.58 bits per heavy atom. The van der Waals surface area contributed by atoms with Crippen molar-refractivity contribution in [2.24, 2.45) is 0 Å². The maximum atomic E-state index is 11.7. The van der Waals surface area contributed by atoms with E-state index in [2.05, 4.69) is 33.4 Å². The highest BCUT2D eigenvalue weighted by molar-refractivity contribution is 5.96. The molecule has 1 amide bonds. The molecule has 0 radical (unpaired) electrons. The fourth-order valence-corrected chi connectivity index (χ4v) is 1.89. The van der Waals surface area contributed by atoms with Gasteiger partial charge < -0.3 is 24.8 Å². The SMILES string of the molecule is CC[N+](C)(C)C.O=C([O-])CCCCCCCNC(=O)c1ccccc1O. The van der Waals surface area contributed by atoms with Gasteiger partial charge in [-0.15, -0.1) is 0 Å². The van der Waals surface area contributed by atoms with Gasteiger partial charge in [0.15, 0.2) is 0 Å². The minimum atomic E-state index is -1.00. The number of nitrogens with one attached hydrogen (secondary N) is 1. The first-order chi connectivity index (χ1) is 12.2. The van der Waals surface area contributed by atoms with Gasteiger partial charge in [-0.25, -0.2) is 0 Å². The molecule has 148 valence electrons. The number of unbranched alkanes of at least 4 members (excludes halogenated alkanes) is 4. The van der Waals surface area contributed by atoms with Crippen LogP contribution in [0.3, 0.4) is 0 Å². The Morgan fingerprint density at radius 3 is 2.12 bits per heavy atom. The molecule has 6 heteroatoms. The van der Waals surface area contributed by atoms with Gasteiger partial charge in [-0.2, -0.15) is 0 Å². The minimum absolute atomic E-state index is 0.0210. The number of aliphatic carboxylic acids is 1. The quantitative estimate of drug-likeness (QED) is 0.489. The molecule has 1 rings (SSSR count). The molecule has 2 N–H and O–H groups in total. The van der Waals surface area contributed by atoms with E-state index in [4.69, 9.17) is 0 Å². The molecule has 0 aliphatic carbocycles. The molecule has 0 aromatic heterocycles. The molecule has 0 fully saturated rings. The summed E-state index contributed by atoms with van der Waals surface area (Å²) in [5.41, 5.74) is 0.279. The Bertz CT molecular complexity index is 539. The molecule has 0 bridgehead atoms. The van der Waals surface area contributed by atoms with Crippen LogP contribution in [0.5, 0.6) is 5.75 Å². The molecule has 0 saturated carbocycles. The van der Waals surface area contributed by atoms with Crippen LogP contribution in [0, 0.1) is 0 Å². The van der Waals surface area contributed by atoms with Crippen LogP contribution in [-0.2, 0) is 4.79 Å². The molecule has 6 nitrogen and oxygen atoms in total. The summed E-state index contributed by atoms with van der Waals surface area (Å²) in [6.07, 6.45) is 4.34. The Balaban J connectivity index is 0.000000896. The zero-order valence-electron chi connectivity index (χ0n) is 16.6. The van der Waals surface area contributed by atoms with Gasteiger partial charge in [-0.1, -0.05) is 31.4 Å². The summed E-state index contributed by atoms with van der Waals surface area (Å²) in [5, 5.41) is 22.5. The topological polar surface area (TPSA) is 89.5 Å². The molecule has 26 heavy (non-hydrogen) atoms. The van der Waals surface area contributed by atoms with E-state index in [1.807, 2.05) is 0 Å². The van der Waals surface area contributed by atoms with Crippen molar-refractivity contribution >= 4 is 11.9 Å². The predicted octanol–water partition coefficient (Wildman–Crippen LogP) is 1.93. The Hall–Kier alpha value is -2.08. The Labute approximate surface area is 157 Å². The number of quaternary nitrogens is 1. The van der Waals surface area contributed by atoms with Crippen molar-refractivity contribution in [3.8, 4) is 5.75 Å². The van der Waals surface area contributed by atoms with Crippen LogP contribution in [0.4, 0.5) is 0 Å². The maximum Gasteiger partial charge on any atom is 0.255 e. The lowest BCUT2D eigenvalue weighted by Gasteiger charge is -2.20. The number of benzene rings is 1. The second-order valence-corrected chi connectivity index (χ2v) is 7.27. The van der Waals surface area contributed by atoms with Crippen molar-refractivity contribution in [1.29, 1.82) is 0 Å². The van der Waals surface area contributed by atoms with E-state index in [-0.39, 0.29) is 23.6 Å². The number of phenols is 1. The van der Waals surface area contributed by atoms with Crippen molar-refractivity contribution in [1.82, 2.24) is 5.32 Å². The monoisotopic (exact) mass is 366 g/mol. The van der Waals surface area contributed by atoms with Crippen LogP contribution in [0.2, 0.25) is 0 Å². The predicted molar refractivity (Wildman–Crippen MR) is 102 cm³/mol. The number of phenolic OH excluding ortho intramolecular Hbond substituents is 1. The summed E-state index contributed by atoms with van der Waals surface area (Å²) >= 11 is 0. The number of carbonyl (C=O) groups is 2. The van der Waals surface area contributed by atoms with E-state index in [0.717, 1.165) is 30.2 Å². The third-order valence-electron chi connectivity index (χ3n) is 3.94. The second kappa shape index (κ2) is 13.2. The normalized spacial score (nSPS) is 10.6. The number of hydrogen-bond donors (Lipinski definition) is 2. The number of rotatable bonds is 10. The Kier molecular flexibility index (Phi) is 12.1. The lowest BCUT2D eigenvalue weighted by atomic mass is 10.1. The number of carbonyl (C=O) groups excluding carboxylic acids is 2. The van der Waals surface area contributed by atoms with E-state index in [1.54, 1.807) is 18.2 Å². The summed E-state index contributed by atoms with van der Waals surface area (Å²) < 4.78 is 1.07. The zero-order chi connectivity index (χ0) is 20.0. The average molecular weight is 367 g/mol. The van der Waals surface area contributed by atoms with Gasteiger partial charge in [0.2, 0.25) is 0 Å². The van der Waals surface area contributed by atoms with Crippen molar-refractivity contribution in [2.45, 2.75) is 45.4 Å². The largest absolute Gasteiger partial charge is 0.550 e. The van der Waals surface area contributed by atoms with Gasteiger partial charge in [-0.3, -0.25) is 4.79 Å². The first kappa shape index (κ1) is 23.9. The summed E-state index contributed by atoms with van der Waals surface area (Å²) in [4.78, 5) is 21.9. The third kappa shape index (κ3) is 13.2. The molecule has 0 heterocycles. The van der Waals surface area contributed by atoms with Gasteiger partial charge in [0.25, 0.3) is 5.91 Å². The molecular formula is C20H34N2O4. The molecule has 0 unspecified atom stereocenters. The van der Waals surface area contributed by atoms with Crippen molar-refractivity contribution < 1.29 is 24.3 Å². The fourth-order valence-electron chi connectivity index (χ4n) is 1.89. The van der Waals surface area contributed by atoms with Crippen molar-refractivity contribution in [2.75, 3.05) is 34.2 Å². The Morgan fingerprint density at radius 1 is 1.04 bits per heavy atom. The molecule has 0 aliphatic rings. The van der Waals surface area contributed by atoms with E-state index in [0.29, 0.717) is 13.0 Å². The van der Waals surface area contributed by atoms with Crippen LogP contribution in [-0.4, -0.2) is 55.7 Å². The first-order valence-corrected chi connectivity index (χ1v) is 9.24. The van der Waals surface area contributed by atoms with Gasteiger partial charge in [-0.05, 0) is 38.3 Å². The lowest BCUT2D eigenvalue weighted by molar-refractivity contribution is -0.868. The van der Waals surface area contributed by atoms with E-state index in [1.165, 1.54) is 12.6 Å². The smallest absolute Gasteiger partial charge is 0.255 e. The summed E-state index contributed by atoms with van der Waals surface area (Å²) in [7, 11) is 6.54. The van der Waals surface area contributed by atoms with Crippen molar-refractivity contribution in [3.63, 3.8) is 0 Å². The van der Waals surface area contributed by atoms with Gasteiger partial charge >= 0.3 is 0 Å². The van der Waals surface area contributed by atoms with Crippen LogP contribution in [0.25, 0.3) is 0 Å². The minimum Gasteiger partial charge on any atom is -0.550 e. The zero-order valence-corrected chi connectivity index (χ0v) is 16.6. The van der Waals surface area contributed by atoms with E-state index < -0.39 is 5.97 Å². The molecular weight excluding hydrogens is 332 g/mol. The van der Waals surface area contributed by atoms with E-state index in [9.17, 15) is 19.8 Å². The van der Waals surface area contributed by atoms with Crippen LogP contribution < -0.4 is 10.4 Å². The molecule has 1 aromatic carbocycles. The number of nitrogens with zero attached hydrogens (tertiary/aromatic N) is 1. The lowest BCUT2D eigenvalue weighted by Crippen LogP contribution is -2.33. The number of amides is 1. The highest BCUT2D eigenvalue weighted by Gasteiger charge is 2.08. The second-order valence-electron chi connectivity index (χ2n) is 7.27. The fraction of sp³-hybridized carbons (Fsp3) is 0.600. The molecule has 0 aliphatic heterocycles. The maximum absolute atomic E-state index is 11.7. The summed E-state index contributed by atoms with van der Waals surface area (Å²) in [5.74, 6) is -1.30. The van der Waals surface area contributed by atoms with Gasteiger partial charge in [0.05, 0.1) is 33.3 Å². The number of hydrogen-bond acceptors (Lipinski definition) is 4. The molecule has 0 atom stereocenters. The molecule has 1 aromatic rings. The summed E-state index contributed by atoms with van der Waals surface area (Å²) in [6.45, 7) is 3.94. The highest BCUT2D eigenvalue weighted by atomic mass is 16.4. The number of para-hydroxylation sites is 1. The molecule has 0 saturated heterocycles. The number of carboxylic acid groups (broad SMARTS) is 1. The van der Waals surface area contributed by atoms with Crippen LogP contribution in [0.1, 0.15) is 55.8 Å². The van der Waals surface area contributed by atoms with Crippen LogP contribution >= 0.6 is 0 Å². The van der Waals surface area contributed by atoms with Crippen LogP contribution in [0.15, 0.2) is 24.3 Å². The standard InChI is InChI=1S/C15H21NO4.C5H14N/c17-13-9-6-5-8-12(13)15(20)16-11-7-3-1-2-4-10-14(18)19;1-5-6(2,3)4/h5-6,8-9,17H,1-4,7,10-11H2,(H,16,20)(H,18,19);5H2,1-4H3/q;+1/p-1. The van der Waals surface area contributed by atoms with E-state index >= 15 is 0 Å². The highest BCUT2D eigenvalue weighted by Crippen LogP contribution is 2.15. The number of carboxylic acids is 1. The first-order valence-electron chi connectivity index (χ1n) is 9.24. The summed E-state index contributed by atoms with van der Waals surface area (Å²) in [6, 6.07) is 6.42. The average Bonchev–Trinajstić information content (AvgIpc) is 2.57. The number of aromatic hydroxyl groups is 1. The van der Waals surface area contributed by atoms with Crippen molar-refractivity contribution in [3.05, 3.63) is 29.8 Å².